The molecular formula is C15H19N3. The minimum atomic E-state index is 0.515. The van der Waals surface area contributed by atoms with Crippen LogP contribution in [-0.2, 0) is 13.1 Å². The highest BCUT2D eigenvalue weighted by Gasteiger charge is 2.08. The lowest BCUT2D eigenvalue weighted by atomic mass is 10.1. The Morgan fingerprint density at radius 3 is 2.56 bits per heavy atom. The Morgan fingerprint density at radius 2 is 1.83 bits per heavy atom. The minimum Gasteiger partial charge on any atom is -0.355 e. The summed E-state index contributed by atoms with van der Waals surface area (Å²) in [4.78, 5) is 6.56. The van der Waals surface area contributed by atoms with Crippen LogP contribution in [0.2, 0.25) is 0 Å². The predicted octanol–water partition coefficient (Wildman–Crippen LogP) is 2.49. The molecule has 2 aromatic rings. The van der Waals surface area contributed by atoms with Crippen molar-refractivity contribution in [1.29, 1.82) is 0 Å². The van der Waals surface area contributed by atoms with Gasteiger partial charge in [-0.1, -0.05) is 30.3 Å². The molecule has 3 heteroatoms. The van der Waals surface area contributed by atoms with E-state index in [1.807, 2.05) is 25.4 Å². The van der Waals surface area contributed by atoms with E-state index in [1.165, 1.54) is 11.1 Å². The highest BCUT2D eigenvalue weighted by atomic mass is 15.2. The molecule has 0 aliphatic heterocycles. The predicted molar refractivity (Wildman–Crippen MR) is 75.4 cm³/mol. The first-order valence-electron chi connectivity index (χ1n) is 6.12. The van der Waals surface area contributed by atoms with Gasteiger partial charge in [-0.15, -0.1) is 0 Å². The lowest BCUT2D eigenvalue weighted by molar-refractivity contribution is 0.871. The van der Waals surface area contributed by atoms with Crippen LogP contribution < -0.4 is 10.6 Å². The van der Waals surface area contributed by atoms with Gasteiger partial charge in [0.1, 0.15) is 5.82 Å². The molecule has 0 saturated heterocycles. The zero-order chi connectivity index (χ0) is 13.0. The van der Waals surface area contributed by atoms with E-state index in [-0.39, 0.29) is 0 Å². The summed E-state index contributed by atoms with van der Waals surface area (Å²) in [5.74, 6) is 0.961. The van der Waals surface area contributed by atoms with E-state index in [0.29, 0.717) is 6.54 Å². The molecule has 2 rings (SSSR count). The summed E-state index contributed by atoms with van der Waals surface area (Å²) in [6.07, 6.45) is 1.81. The monoisotopic (exact) mass is 241 g/mol. The average molecular weight is 241 g/mol. The summed E-state index contributed by atoms with van der Waals surface area (Å²) in [7, 11) is 2.05. The second kappa shape index (κ2) is 5.65. The third-order valence-corrected chi connectivity index (χ3v) is 3.12. The van der Waals surface area contributed by atoms with Crippen LogP contribution in [0.25, 0.3) is 0 Å². The summed E-state index contributed by atoms with van der Waals surface area (Å²) < 4.78 is 0. The van der Waals surface area contributed by atoms with E-state index in [2.05, 4.69) is 41.1 Å². The highest BCUT2D eigenvalue weighted by Crippen LogP contribution is 2.18. The summed E-state index contributed by atoms with van der Waals surface area (Å²) in [5.41, 5.74) is 9.44. The van der Waals surface area contributed by atoms with Gasteiger partial charge in [-0.05, 0) is 24.1 Å². The van der Waals surface area contributed by atoms with Crippen LogP contribution in [0.1, 0.15) is 16.7 Å². The van der Waals surface area contributed by atoms with Gasteiger partial charge in [0.15, 0.2) is 0 Å². The molecule has 1 aromatic carbocycles. The Morgan fingerprint density at radius 1 is 1.11 bits per heavy atom. The highest BCUT2D eigenvalue weighted by molar-refractivity contribution is 5.47. The molecule has 0 amide bonds. The first-order valence-corrected chi connectivity index (χ1v) is 6.12. The number of hydrogen-bond donors (Lipinski definition) is 1. The Balaban J connectivity index is 2.22. The van der Waals surface area contributed by atoms with Crippen LogP contribution in [0.5, 0.6) is 0 Å². The Labute approximate surface area is 108 Å². The first-order chi connectivity index (χ1) is 8.72. The fraction of sp³-hybridized carbons (Fsp3) is 0.267. The molecule has 0 radical (unpaired) electrons. The number of anilines is 1. The fourth-order valence-corrected chi connectivity index (χ4v) is 2.05. The number of rotatable bonds is 4. The number of hydrogen-bond acceptors (Lipinski definition) is 3. The van der Waals surface area contributed by atoms with Gasteiger partial charge in [0, 0.05) is 31.9 Å². The van der Waals surface area contributed by atoms with Gasteiger partial charge in [0.2, 0.25) is 0 Å². The number of aryl methyl sites for hydroxylation is 1. The van der Waals surface area contributed by atoms with Gasteiger partial charge < -0.3 is 10.6 Å². The molecule has 0 fully saturated rings. The Bertz CT molecular complexity index is 523. The number of aromatic nitrogens is 1. The fourth-order valence-electron chi connectivity index (χ4n) is 2.05. The van der Waals surface area contributed by atoms with Crippen LogP contribution in [0.3, 0.4) is 0 Å². The van der Waals surface area contributed by atoms with E-state index in [4.69, 9.17) is 5.73 Å². The molecule has 18 heavy (non-hydrogen) atoms. The molecule has 0 unspecified atom stereocenters. The molecule has 0 spiro atoms. The maximum Gasteiger partial charge on any atom is 0.133 e. The van der Waals surface area contributed by atoms with Crippen LogP contribution in [0, 0.1) is 6.92 Å². The van der Waals surface area contributed by atoms with Crippen molar-refractivity contribution in [2.45, 2.75) is 20.0 Å². The lowest BCUT2D eigenvalue weighted by Gasteiger charge is -2.21. The standard InChI is InChI=1S/C15H19N3/c1-12-6-3-4-7-14(12)11-18(2)15-13(10-16)8-5-9-17-15/h3-9H,10-11,16H2,1-2H3. The minimum absolute atomic E-state index is 0.515. The second-order valence-corrected chi connectivity index (χ2v) is 4.47. The van der Waals surface area contributed by atoms with Crippen molar-refractivity contribution in [2.75, 3.05) is 11.9 Å². The molecule has 0 atom stereocenters. The topological polar surface area (TPSA) is 42.2 Å². The second-order valence-electron chi connectivity index (χ2n) is 4.47. The van der Waals surface area contributed by atoms with Crippen molar-refractivity contribution >= 4 is 5.82 Å². The largest absolute Gasteiger partial charge is 0.355 e. The molecule has 1 aromatic heterocycles. The Kier molecular flexibility index (Phi) is 3.95. The molecule has 0 saturated carbocycles. The van der Waals surface area contributed by atoms with Crippen LogP contribution in [0.4, 0.5) is 5.82 Å². The van der Waals surface area contributed by atoms with Crippen LogP contribution in [0.15, 0.2) is 42.6 Å². The van der Waals surface area contributed by atoms with Crippen molar-refractivity contribution in [3.63, 3.8) is 0 Å². The number of nitrogens with zero attached hydrogens (tertiary/aromatic N) is 2. The van der Waals surface area contributed by atoms with Crippen LogP contribution in [-0.4, -0.2) is 12.0 Å². The van der Waals surface area contributed by atoms with Crippen molar-refractivity contribution in [3.8, 4) is 0 Å². The van der Waals surface area contributed by atoms with E-state index >= 15 is 0 Å². The van der Waals surface area contributed by atoms with Crippen molar-refractivity contribution in [1.82, 2.24) is 4.98 Å². The van der Waals surface area contributed by atoms with E-state index < -0.39 is 0 Å². The van der Waals surface area contributed by atoms with E-state index in [9.17, 15) is 0 Å². The zero-order valence-corrected chi connectivity index (χ0v) is 10.9. The van der Waals surface area contributed by atoms with Gasteiger partial charge in [0.05, 0.1) is 0 Å². The zero-order valence-electron chi connectivity index (χ0n) is 10.9. The van der Waals surface area contributed by atoms with Gasteiger partial charge in [-0.2, -0.15) is 0 Å². The van der Waals surface area contributed by atoms with Crippen molar-refractivity contribution in [3.05, 3.63) is 59.3 Å². The molecule has 0 aliphatic carbocycles. The van der Waals surface area contributed by atoms with Gasteiger partial charge >= 0.3 is 0 Å². The third kappa shape index (κ3) is 2.68. The molecule has 0 bridgehead atoms. The third-order valence-electron chi connectivity index (χ3n) is 3.12. The Hall–Kier alpha value is -1.87. The molecule has 94 valence electrons. The SMILES string of the molecule is Cc1ccccc1CN(C)c1ncccc1CN. The van der Waals surface area contributed by atoms with Crippen LogP contribution >= 0.6 is 0 Å². The summed E-state index contributed by atoms with van der Waals surface area (Å²) in [6.45, 7) is 3.49. The van der Waals surface area contributed by atoms with E-state index in [1.54, 1.807) is 0 Å². The lowest BCUT2D eigenvalue weighted by Crippen LogP contribution is -2.20. The van der Waals surface area contributed by atoms with Gasteiger partial charge in [0.25, 0.3) is 0 Å². The summed E-state index contributed by atoms with van der Waals surface area (Å²) >= 11 is 0. The average Bonchev–Trinajstić information content (AvgIpc) is 2.41. The normalized spacial score (nSPS) is 10.4. The van der Waals surface area contributed by atoms with Gasteiger partial charge in [-0.3, -0.25) is 0 Å². The quantitative estimate of drug-likeness (QED) is 0.894. The molecule has 0 aliphatic rings. The molecule has 1 heterocycles. The molecule has 3 nitrogen and oxygen atoms in total. The van der Waals surface area contributed by atoms with Crippen molar-refractivity contribution < 1.29 is 0 Å². The van der Waals surface area contributed by atoms with Crippen molar-refractivity contribution in [2.24, 2.45) is 5.73 Å². The molecule has 2 N–H and O–H groups in total. The smallest absolute Gasteiger partial charge is 0.133 e. The van der Waals surface area contributed by atoms with E-state index in [0.717, 1.165) is 17.9 Å². The number of benzene rings is 1. The first kappa shape index (κ1) is 12.6. The van der Waals surface area contributed by atoms with Gasteiger partial charge in [-0.25, -0.2) is 4.98 Å². The number of nitrogens with two attached hydrogens (primary N) is 1. The number of pyridine rings is 1. The maximum atomic E-state index is 5.75. The maximum absolute atomic E-state index is 5.75. The summed E-state index contributed by atoms with van der Waals surface area (Å²) in [6, 6.07) is 12.4. The summed E-state index contributed by atoms with van der Waals surface area (Å²) in [5, 5.41) is 0. The molecular weight excluding hydrogens is 222 g/mol.